The summed E-state index contributed by atoms with van der Waals surface area (Å²) in [5.41, 5.74) is 14.6. The highest BCUT2D eigenvalue weighted by atomic mass is 32.2. The number of pyridine rings is 4. The fraction of sp³-hybridized carbons (Fsp3) is 0.433. The molecule has 0 fully saturated rings. The number of fused-ring (bicyclic) bond motifs is 2. The van der Waals surface area contributed by atoms with E-state index >= 15 is 0 Å². The second kappa shape index (κ2) is 28.8. The second-order valence-corrected chi connectivity index (χ2v) is 29.0. The molecule has 1 unspecified atom stereocenters. The Morgan fingerprint density at radius 1 is 0.646 bits per heavy atom. The maximum atomic E-state index is 13.1. The van der Waals surface area contributed by atoms with E-state index in [1.165, 1.54) is 0 Å². The number of ether oxygens (including phenoxy) is 2. The standard InChI is InChI=1S/C36H52N4O3SSi.C24H27N5O3.2H2S/c1-11-15-26(25-44(41)35(3,4)5)30-17-14-18-31(39-30)27-21-32-29(33(22-27)42-20-12-2)23-37-40(32)34-19-13-16-28(38-34)24-43-45(9,10)36(6,7)8;1-2-5-19(25)21-8-4-7-20(28-21)16-12-22-18(23(13-16)32-11-10-30)14-26-29(22)24-9-3-6-17(15-31)27-24;;/h13-14,16-19,21-23,26H,11-12,15,20,24-25H2,1-10H3;3-4,6-9,12-14,19,30-31H,2,5,10-11,15,25H2,1H3;2*1H2/t26-,44?;19-;;/m10../s1. The van der Waals surface area contributed by atoms with Crippen molar-refractivity contribution >= 4 is 67.9 Å². The molecule has 8 aromatic rings. The molecule has 15 nitrogen and oxygen atoms in total. The molecular weight excluding hydrogens is 1070 g/mol. The number of aliphatic hydroxyl groups is 2. The molecule has 0 aliphatic rings. The normalized spacial score (nSPS) is 13.0. The highest BCUT2D eigenvalue weighted by molar-refractivity contribution is 7.86. The second-order valence-electron chi connectivity index (χ2n) is 21.9. The summed E-state index contributed by atoms with van der Waals surface area (Å²) in [4.78, 5) is 19.4. The van der Waals surface area contributed by atoms with E-state index in [9.17, 15) is 14.4 Å². The minimum atomic E-state index is -1.92. The van der Waals surface area contributed by atoms with Crippen LogP contribution in [0.15, 0.2) is 109 Å². The van der Waals surface area contributed by atoms with Crippen molar-refractivity contribution in [1.82, 2.24) is 39.5 Å². The molecule has 0 bridgehead atoms. The van der Waals surface area contributed by atoms with Crippen LogP contribution < -0.4 is 15.2 Å². The fourth-order valence-corrected chi connectivity index (χ4v) is 10.6. The minimum Gasteiger partial charge on any atom is -0.493 e. The van der Waals surface area contributed by atoms with Crippen molar-refractivity contribution in [2.45, 2.75) is 142 Å². The van der Waals surface area contributed by atoms with E-state index in [2.05, 4.69) is 89.0 Å². The number of rotatable bonds is 22. The van der Waals surface area contributed by atoms with Gasteiger partial charge in [-0.2, -0.15) is 37.2 Å². The van der Waals surface area contributed by atoms with E-state index in [1.807, 2.05) is 98.4 Å². The lowest BCUT2D eigenvalue weighted by atomic mass is 10.00. The van der Waals surface area contributed by atoms with Crippen molar-refractivity contribution in [3.63, 3.8) is 0 Å². The predicted molar refractivity (Wildman–Crippen MR) is 333 cm³/mol. The van der Waals surface area contributed by atoms with E-state index in [4.69, 9.17) is 39.7 Å². The number of hydrogen-bond donors (Lipinski definition) is 3. The van der Waals surface area contributed by atoms with E-state index < -0.39 is 19.1 Å². The summed E-state index contributed by atoms with van der Waals surface area (Å²) in [5, 5.41) is 29.8. The molecule has 3 atom stereocenters. The summed E-state index contributed by atoms with van der Waals surface area (Å²) in [6, 6.07) is 31.4. The third kappa shape index (κ3) is 16.1. The average molecular weight is 1150 g/mol. The Kier molecular flexibility index (Phi) is 23.4. The highest BCUT2D eigenvalue weighted by Gasteiger charge is 2.37. The van der Waals surface area contributed by atoms with Crippen LogP contribution in [-0.2, 0) is 28.4 Å². The van der Waals surface area contributed by atoms with Crippen molar-refractivity contribution in [2.75, 3.05) is 25.6 Å². The Labute approximate surface area is 484 Å². The first-order valence-corrected chi connectivity index (χ1v) is 31.2. The van der Waals surface area contributed by atoms with Gasteiger partial charge in [-0.05, 0) is 131 Å². The Bertz CT molecular complexity index is 3270. The number of aliphatic hydroxyl groups excluding tert-OH is 2. The van der Waals surface area contributed by atoms with Gasteiger partial charge in [-0.3, -0.25) is 14.2 Å². The highest BCUT2D eigenvalue weighted by Crippen LogP contribution is 2.38. The zero-order valence-corrected chi connectivity index (χ0v) is 51.7. The molecule has 426 valence electrons. The van der Waals surface area contributed by atoms with Gasteiger partial charge in [0, 0.05) is 50.1 Å². The smallest absolute Gasteiger partial charge is 0.192 e. The molecular formula is C60H83N9O6S3Si. The van der Waals surface area contributed by atoms with Gasteiger partial charge in [-0.1, -0.05) is 78.6 Å². The summed E-state index contributed by atoms with van der Waals surface area (Å²) in [5.74, 6) is 3.42. The van der Waals surface area contributed by atoms with Crippen molar-refractivity contribution in [3.05, 3.63) is 132 Å². The van der Waals surface area contributed by atoms with Crippen LogP contribution in [0, 0.1) is 0 Å². The molecule has 0 aliphatic carbocycles. The third-order valence-electron chi connectivity index (χ3n) is 13.9. The summed E-state index contributed by atoms with van der Waals surface area (Å²) < 4.78 is 35.0. The molecule has 19 heteroatoms. The Morgan fingerprint density at radius 3 is 1.66 bits per heavy atom. The van der Waals surface area contributed by atoms with E-state index in [1.54, 1.807) is 16.9 Å². The van der Waals surface area contributed by atoms with Crippen LogP contribution in [-0.4, -0.2) is 92.6 Å². The maximum Gasteiger partial charge on any atom is 0.192 e. The van der Waals surface area contributed by atoms with Crippen molar-refractivity contribution in [1.29, 1.82) is 0 Å². The largest absolute Gasteiger partial charge is 0.493 e. The average Bonchev–Trinajstić information content (AvgIpc) is 4.06. The van der Waals surface area contributed by atoms with Gasteiger partial charge in [0.2, 0.25) is 0 Å². The quantitative estimate of drug-likeness (QED) is 0.0542. The number of hydrogen-bond acceptors (Lipinski definition) is 13. The van der Waals surface area contributed by atoms with Gasteiger partial charge in [0.15, 0.2) is 20.0 Å². The predicted octanol–water partition coefficient (Wildman–Crippen LogP) is 12.6. The Hall–Kier alpha value is -5.51. The summed E-state index contributed by atoms with van der Waals surface area (Å²) in [6.07, 6.45) is 8.25. The van der Waals surface area contributed by atoms with E-state index in [0.29, 0.717) is 36.2 Å². The zero-order valence-electron chi connectivity index (χ0n) is 47.9. The minimum absolute atomic E-state index is 0. The van der Waals surface area contributed by atoms with Crippen molar-refractivity contribution in [2.24, 2.45) is 5.73 Å². The van der Waals surface area contributed by atoms with Crippen LogP contribution in [0.25, 0.3) is 56.0 Å². The van der Waals surface area contributed by atoms with Crippen LogP contribution >= 0.6 is 27.0 Å². The Morgan fingerprint density at radius 2 is 1.15 bits per heavy atom. The molecule has 0 saturated carbocycles. The monoisotopic (exact) mass is 1150 g/mol. The van der Waals surface area contributed by atoms with Gasteiger partial charge in [-0.25, -0.2) is 19.3 Å². The SMILES string of the molecule is CCCOc1cc(-c2cccc([C@H](CCC)CS(=O)C(C)(C)C)n2)cc2c1cnn2-c1cccc(CO[Si](C)(C)C(C)(C)C)n1.CCC[C@H](N)c1cccc(-c2cc(OCCO)c3cnn(-c4cccc(CO)n4)c3c2)n1.S.S. The van der Waals surface area contributed by atoms with Crippen LogP contribution in [0.5, 0.6) is 11.5 Å². The number of nitrogens with two attached hydrogens (primary N) is 1. The van der Waals surface area contributed by atoms with Gasteiger partial charge < -0.3 is 29.8 Å². The van der Waals surface area contributed by atoms with Crippen molar-refractivity contribution in [3.8, 4) is 45.6 Å². The van der Waals surface area contributed by atoms with Gasteiger partial charge in [0.1, 0.15) is 18.1 Å². The molecule has 8 rings (SSSR count). The molecule has 6 aromatic heterocycles. The first kappa shape index (κ1) is 64.3. The van der Waals surface area contributed by atoms with E-state index in [-0.39, 0.29) is 68.6 Å². The topological polar surface area (TPSA) is 198 Å². The van der Waals surface area contributed by atoms with Gasteiger partial charge in [-0.15, -0.1) is 0 Å². The Balaban J connectivity index is 0.000000298. The number of aromatic nitrogens is 8. The summed E-state index contributed by atoms with van der Waals surface area (Å²) in [7, 11) is -2.88. The molecule has 0 amide bonds. The zero-order chi connectivity index (χ0) is 55.5. The van der Waals surface area contributed by atoms with Gasteiger partial charge >= 0.3 is 0 Å². The molecule has 6 heterocycles. The first-order chi connectivity index (χ1) is 36.8. The molecule has 0 spiro atoms. The lowest BCUT2D eigenvalue weighted by molar-refractivity contribution is 0.203. The fourth-order valence-electron chi connectivity index (χ4n) is 8.48. The third-order valence-corrected chi connectivity index (χ3v) is 20.4. The first-order valence-electron chi connectivity index (χ1n) is 26.9. The molecule has 0 radical (unpaired) electrons. The summed E-state index contributed by atoms with van der Waals surface area (Å²) >= 11 is 0. The lowest BCUT2D eigenvalue weighted by Crippen LogP contribution is -2.40. The van der Waals surface area contributed by atoms with Gasteiger partial charge in [0.25, 0.3) is 0 Å². The maximum absolute atomic E-state index is 13.1. The molecule has 0 aliphatic heterocycles. The van der Waals surface area contributed by atoms with E-state index in [0.717, 1.165) is 105 Å². The molecule has 0 saturated heterocycles. The summed E-state index contributed by atoms with van der Waals surface area (Å²) in [6.45, 7) is 24.7. The van der Waals surface area contributed by atoms with Crippen LogP contribution in [0.2, 0.25) is 18.1 Å². The number of benzene rings is 2. The van der Waals surface area contributed by atoms with Crippen LogP contribution in [0.4, 0.5) is 0 Å². The molecule has 2 aromatic carbocycles. The lowest BCUT2D eigenvalue weighted by Gasteiger charge is -2.36. The number of nitrogens with zero attached hydrogens (tertiary/aromatic N) is 8. The van der Waals surface area contributed by atoms with Crippen LogP contribution in [0.1, 0.15) is 129 Å². The van der Waals surface area contributed by atoms with Crippen LogP contribution in [0.3, 0.4) is 0 Å². The van der Waals surface area contributed by atoms with Crippen molar-refractivity contribution < 1.29 is 28.3 Å². The van der Waals surface area contributed by atoms with Gasteiger partial charge in [0.05, 0.1) is 89.1 Å². The molecule has 79 heavy (non-hydrogen) atoms. The molecule has 4 N–H and O–H groups in total.